The first kappa shape index (κ1) is 21.4. The van der Waals surface area contributed by atoms with Gasteiger partial charge in [0.1, 0.15) is 0 Å². The summed E-state index contributed by atoms with van der Waals surface area (Å²) in [4.78, 5) is 0. The van der Waals surface area contributed by atoms with Gasteiger partial charge >= 0.3 is 32.7 Å². The minimum atomic E-state index is 0. The standard InChI is InChI=1S/C11H22.C3H7.Y/c1-7-11(8-2,9(3)4)10(5)6;1-3-2;/h9-10H,1-2,7-8H2,3-6H3;3H,1-2H3;/q-2;-1;+3. The van der Waals surface area contributed by atoms with Crippen molar-refractivity contribution in [3.63, 3.8) is 0 Å². The fourth-order valence-electron chi connectivity index (χ4n) is 1.95. The summed E-state index contributed by atoms with van der Waals surface area (Å²) in [6, 6.07) is 0. The third-order valence-electron chi connectivity index (χ3n) is 3.23. The van der Waals surface area contributed by atoms with Gasteiger partial charge in [-0.1, -0.05) is 33.1 Å². The predicted octanol–water partition coefficient (Wildman–Crippen LogP) is 4.96. The zero-order chi connectivity index (χ0) is 11.8. The summed E-state index contributed by atoms with van der Waals surface area (Å²) in [6.45, 7) is 21.2. The Bertz CT molecular complexity index is 103. The Balaban J connectivity index is -0.000000320. The van der Waals surface area contributed by atoms with Gasteiger partial charge in [0.2, 0.25) is 0 Å². The molecule has 0 amide bonds. The summed E-state index contributed by atoms with van der Waals surface area (Å²) in [6.07, 6.45) is 4.01. The molecule has 0 nitrogen and oxygen atoms in total. The van der Waals surface area contributed by atoms with Crippen molar-refractivity contribution in [1.82, 2.24) is 0 Å². The van der Waals surface area contributed by atoms with E-state index in [0.29, 0.717) is 17.3 Å². The first-order valence-electron chi connectivity index (χ1n) is 5.75. The van der Waals surface area contributed by atoms with Gasteiger partial charge < -0.3 is 20.3 Å². The summed E-state index contributed by atoms with van der Waals surface area (Å²) >= 11 is 0. The molecule has 0 N–H and O–H groups in total. The van der Waals surface area contributed by atoms with Crippen LogP contribution in [0.3, 0.4) is 0 Å². The van der Waals surface area contributed by atoms with Crippen LogP contribution in [0.1, 0.15) is 54.4 Å². The van der Waals surface area contributed by atoms with Crippen LogP contribution in [0.2, 0.25) is 0 Å². The Kier molecular flexibility index (Phi) is 16.5. The first-order valence-corrected chi connectivity index (χ1v) is 5.75. The quantitative estimate of drug-likeness (QED) is 0.641. The van der Waals surface area contributed by atoms with E-state index >= 15 is 0 Å². The molecule has 88 valence electrons. The molecule has 0 fully saturated rings. The van der Waals surface area contributed by atoms with Crippen LogP contribution < -0.4 is 0 Å². The summed E-state index contributed by atoms with van der Waals surface area (Å²) in [5.74, 6) is 1.38. The molecule has 0 rings (SSSR count). The Hall–Kier alpha value is 1.10. The summed E-state index contributed by atoms with van der Waals surface area (Å²) in [5, 5.41) is 0. The van der Waals surface area contributed by atoms with E-state index in [1.54, 1.807) is 0 Å². The van der Waals surface area contributed by atoms with Gasteiger partial charge in [0.25, 0.3) is 0 Å². The van der Waals surface area contributed by atoms with Gasteiger partial charge in [-0.3, -0.25) is 0 Å². The third kappa shape index (κ3) is 7.11. The molecule has 0 aliphatic carbocycles. The molecule has 1 heteroatoms. The zero-order valence-corrected chi connectivity index (χ0v) is 14.5. The van der Waals surface area contributed by atoms with Gasteiger partial charge in [-0.25, -0.2) is 0 Å². The van der Waals surface area contributed by atoms with E-state index in [1.807, 2.05) is 20.3 Å². The number of hydrogen-bond acceptors (Lipinski definition) is 0. The van der Waals surface area contributed by atoms with Crippen LogP contribution in [-0.2, 0) is 32.7 Å². The average Bonchev–Trinajstić information content (AvgIpc) is 2.07. The summed E-state index contributed by atoms with van der Waals surface area (Å²) < 4.78 is 0. The average molecular weight is 286 g/mol. The van der Waals surface area contributed by atoms with Crippen molar-refractivity contribution < 1.29 is 32.7 Å². The van der Waals surface area contributed by atoms with E-state index < -0.39 is 0 Å². The maximum atomic E-state index is 4.03. The molecule has 0 spiro atoms. The van der Waals surface area contributed by atoms with Crippen molar-refractivity contribution >= 4 is 0 Å². The van der Waals surface area contributed by atoms with Crippen LogP contribution in [0.5, 0.6) is 0 Å². The molecular formula is C14H29Y. The Morgan fingerprint density at radius 3 is 1.13 bits per heavy atom. The second-order valence-corrected chi connectivity index (χ2v) is 4.62. The Morgan fingerprint density at radius 2 is 1.13 bits per heavy atom. The minimum Gasteiger partial charge on any atom is -0.343 e. The maximum Gasteiger partial charge on any atom is 3.00 e. The fourth-order valence-corrected chi connectivity index (χ4v) is 1.95. The normalized spacial score (nSPS) is 10.8. The first-order chi connectivity index (χ1) is 6.42. The molecule has 0 heterocycles. The molecule has 15 heavy (non-hydrogen) atoms. The van der Waals surface area contributed by atoms with E-state index in [4.69, 9.17) is 0 Å². The third-order valence-corrected chi connectivity index (χ3v) is 3.23. The molecule has 0 saturated heterocycles. The van der Waals surface area contributed by atoms with Crippen LogP contribution >= 0.6 is 0 Å². The van der Waals surface area contributed by atoms with Gasteiger partial charge in [0.15, 0.2) is 0 Å². The smallest absolute Gasteiger partial charge is 0.343 e. The van der Waals surface area contributed by atoms with Crippen LogP contribution in [0.4, 0.5) is 0 Å². The van der Waals surface area contributed by atoms with Gasteiger partial charge in [0.05, 0.1) is 0 Å². The molecule has 0 aromatic carbocycles. The SMILES string of the molecule is C[CH-]C.[CH2-]CC(C[CH2-])(C(C)C)C(C)C.[Y+3]. The maximum absolute atomic E-state index is 4.03. The van der Waals surface area contributed by atoms with Crippen molar-refractivity contribution in [3.05, 3.63) is 20.3 Å². The zero-order valence-electron chi connectivity index (χ0n) is 11.6. The molecular weight excluding hydrogens is 257 g/mol. The van der Waals surface area contributed by atoms with Crippen LogP contribution in [-0.4, -0.2) is 0 Å². The van der Waals surface area contributed by atoms with E-state index in [1.165, 1.54) is 0 Å². The molecule has 0 atom stereocenters. The molecule has 0 aromatic heterocycles. The predicted molar refractivity (Wildman–Crippen MR) is 67.7 cm³/mol. The van der Waals surface area contributed by atoms with E-state index in [-0.39, 0.29) is 32.7 Å². The molecule has 0 bridgehead atoms. The van der Waals surface area contributed by atoms with Gasteiger partial charge in [-0.2, -0.15) is 26.7 Å². The monoisotopic (exact) mass is 286 g/mol. The van der Waals surface area contributed by atoms with Crippen LogP contribution in [0, 0.1) is 37.5 Å². The van der Waals surface area contributed by atoms with Crippen molar-refractivity contribution in [1.29, 1.82) is 0 Å². The van der Waals surface area contributed by atoms with Crippen molar-refractivity contribution in [2.75, 3.05) is 0 Å². The van der Waals surface area contributed by atoms with Gasteiger partial charge in [-0.15, -0.1) is 0 Å². The summed E-state index contributed by atoms with van der Waals surface area (Å²) in [7, 11) is 0. The second kappa shape index (κ2) is 11.6. The summed E-state index contributed by atoms with van der Waals surface area (Å²) in [5.41, 5.74) is 0.361. The fraction of sp³-hybridized carbons (Fsp3) is 0.786. The molecule has 0 aromatic rings. The van der Waals surface area contributed by atoms with E-state index in [9.17, 15) is 0 Å². The topological polar surface area (TPSA) is 0 Å². The van der Waals surface area contributed by atoms with E-state index in [0.717, 1.165) is 12.8 Å². The molecule has 0 aliphatic rings. The Labute approximate surface area is 124 Å². The number of hydrogen-bond donors (Lipinski definition) is 0. The van der Waals surface area contributed by atoms with Crippen molar-refractivity contribution in [2.24, 2.45) is 17.3 Å². The Morgan fingerprint density at radius 1 is 0.933 bits per heavy atom. The largest absolute Gasteiger partial charge is 3.00 e. The second-order valence-electron chi connectivity index (χ2n) is 4.62. The molecule has 0 radical (unpaired) electrons. The molecule has 0 aliphatic heterocycles. The number of rotatable bonds is 4. The molecule has 0 unspecified atom stereocenters. The van der Waals surface area contributed by atoms with Crippen LogP contribution in [0.25, 0.3) is 0 Å². The molecule has 0 saturated carbocycles. The van der Waals surface area contributed by atoms with Gasteiger partial charge in [0, 0.05) is 0 Å². The minimum absolute atomic E-state index is 0. The van der Waals surface area contributed by atoms with E-state index in [2.05, 4.69) is 41.5 Å². The van der Waals surface area contributed by atoms with Crippen molar-refractivity contribution in [3.8, 4) is 0 Å². The van der Waals surface area contributed by atoms with Gasteiger partial charge in [-0.05, 0) is 11.8 Å². The van der Waals surface area contributed by atoms with Crippen LogP contribution in [0.15, 0.2) is 0 Å². The van der Waals surface area contributed by atoms with Crippen molar-refractivity contribution in [2.45, 2.75) is 54.4 Å².